The zero-order valence-electron chi connectivity index (χ0n) is 17.3. The van der Waals surface area contributed by atoms with Crippen LogP contribution < -0.4 is 4.74 Å². The zero-order valence-corrected chi connectivity index (χ0v) is 18.1. The normalized spacial score (nSPS) is 15.2. The highest BCUT2D eigenvalue weighted by atomic mass is 32.1. The van der Waals surface area contributed by atoms with Gasteiger partial charge in [0.15, 0.2) is 0 Å². The number of amides is 1. The highest BCUT2D eigenvalue weighted by Crippen LogP contribution is 2.24. The molecule has 1 unspecified atom stereocenters. The molecule has 1 aliphatic heterocycles. The molecule has 2 aromatic rings. The number of carboxylic acids is 1. The Morgan fingerprint density at radius 2 is 1.83 bits per heavy atom. The molecule has 0 aliphatic carbocycles. The van der Waals surface area contributed by atoms with Crippen molar-refractivity contribution in [2.24, 2.45) is 0 Å². The van der Waals surface area contributed by atoms with Gasteiger partial charge in [0, 0.05) is 31.1 Å². The van der Waals surface area contributed by atoms with E-state index in [-0.39, 0.29) is 18.2 Å². The molecule has 1 amide bonds. The van der Waals surface area contributed by atoms with Crippen molar-refractivity contribution in [3.63, 3.8) is 0 Å². The Labute approximate surface area is 181 Å². The second-order valence-electron chi connectivity index (χ2n) is 7.26. The van der Waals surface area contributed by atoms with E-state index in [0.29, 0.717) is 12.4 Å². The predicted octanol–water partition coefficient (Wildman–Crippen LogP) is 3.30. The van der Waals surface area contributed by atoms with E-state index in [1.54, 1.807) is 6.92 Å². The van der Waals surface area contributed by atoms with E-state index < -0.39 is 5.97 Å². The van der Waals surface area contributed by atoms with Gasteiger partial charge in [0.2, 0.25) is 0 Å². The van der Waals surface area contributed by atoms with E-state index in [2.05, 4.69) is 23.8 Å². The average Bonchev–Trinajstić information content (AvgIpc) is 3.21. The van der Waals surface area contributed by atoms with Gasteiger partial charge in [-0.15, -0.1) is 17.3 Å². The highest BCUT2D eigenvalue weighted by molar-refractivity contribution is 7.14. The average molecular weight is 427 g/mol. The van der Waals surface area contributed by atoms with Crippen LogP contribution in [0.15, 0.2) is 36.4 Å². The number of benzene rings is 1. The summed E-state index contributed by atoms with van der Waals surface area (Å²) in [5, 5.41) is 9.05. The number of hydrogen-bond acceptors (Lipinski definition) is 5. The number of ether oxygens (including phenoxy) is 1. The van der Waals surface area contributed by atoms with Gasteiger partial charge in [-0.2, -0.15) is 0 Å². The van der Waals surface area contributed by atoms with Gasteiger partial charge in [0.1, 0.15) is 12.4 Å². The molecule has 2 heterocycles. The van der Waals surface area contributed by atoms with Crippen molar-refractivity contribution in [2.45, 2.75) is 25.9 Å². The first kappa shape index (κ1) is 21.9. The Morgan fingerprint density at radius 3 is 2.47 bits per heavy atom. The van der Waals surface area contributed by atoms with Gasteiger partial charge in [-0.25, -0.2) is 0 Å². The lowest BCUT2D eigenvalue weighted by atomic mass is 9.96. The quantitative estimate of drug-likeness (QED) is 0.688. The Balaban J connectivity index is 1.56. The lowest BCUT2D eigenvalue weighted by Crippen LogP contribution is -2.46. The SMILES string of the molecule is CC#CC(CC(=O)O)c1ccc(OCc2ccc(C(=O)N3CCN(C)CC3)s2)cc1. The lowest BCUT2D eigenvalue weighted by molar-refractivity contribution is -0.137. The van der Waals surface area contributed by atoms with Gasteiger partial charge in [0.05, 0.1) is 17.2 Å². The molecular formula is C23H26N2O4S. The summed E-state index contributed by atoms with van der Waals surface area (Å²) in [6.45, 7) is 5.41. The maximum atomic E-state index is 12.6. The van der Waals surface area contributed by atoms with Crippen LogP contribution in [0.5, 0.6) is 5.75 Å². The molecule has 0 spiro atoms. The number of carbonyl (C=O) groups is 2. The van der Waals surface area contributed by atoms with E-state index in [1.807, 2.05) is 41.3 Å². The minimum absolute atomic E-state index is 0.0274. The second kappa shape index (κ2) is 10.3. The van der Waals surface area contributed by atoms with Gasteiger partial charge in [0.25, 0.3) is 5.91 Å². The smallest absolute Gasteiger partial charge is 0.304 e. The molecule has 1 N–H and O–H groups in total. The summed E-state index contributed by atoms with van der Waals surface area (Å²) in [5.74, 6) is 5.31. The number of likely N-dealkylation sites (N-methyl/N-ethyl adjacent to an activating group) is 1. The van der Waals surface area contributed by atoms with Gasteiger partial charge < -0.3 is 19.6 Å². The van der Waals surface area contributed by atoms with Crippen LogP contribution in [-0.2, 0) is 11.4 Å². The summed E-state index contributed by atoms with van der Waals surface area (Å²) in [6, 6.07) is 11.2. The van der Waals surface area contributed by atoms with Crippen molar-refractivity contribution in [3.8, 4) is 17.6 Å². The van der Waals surface area contributed by atoms with Gasteiger partial charge in [-0.3, -0.25) is 9.59 Å². The largest absolute Gasteiger partial charge is 0.488 e. The summed E-state index contributed by atoms with van der Waals surface area (Å²) < 4.78 is 5.85. The third-order valence-corrected chi connectivity index (χ3v) is 6.07. The summed E-state index contributed by atoms with van der Waals surface area (Å²) in [7, 11) is 2.07. The number of carbonyl (C=O) groups excluding carboxylic acids is 1. The van der Waals surface area contributed by atoms with Gasteiger partial charge >= 0.3 is 5.97 Å². The first-order valence-electron chi connectivity index (χ1n) is 9.89. The summed E-state index contributed by atoms with van der Waals surface area (Å²) >= 11 is 1.46. The molecule has 1 aromatic carbocycles. The fourth-order valence-electron chi connectivity index (χ4n) is 3.29. The Kier molecular flexibility index (Phi) is 7.50. The Hall–Kier alpha value is -2.82. The number of rotatable bonds is 7. The van der Waals surface area contributed by atoms with Crippen LogP contribution in [0, 0.1) is 11.8 Å². The molecule has 158 valence electrons. The lowest BCUT2D eigenvalue weighted by Gasteiger charge is -2.32. The number of nitrogens with zero attached hydrogens (tertiary/aromatic N) is 2. The van der Waals surface area contributed by atoms with Gasteiger partial charge in [-0.05, 0) is 43.8 Å². The van der Waals surface area contributed by atoms with Crippen LogP contribution in [0.2, 0.25) is 0 Å². The van der Waals surface area contributed by atoms with Crippen molar-refractivity contribution in [1.82, 2.24) is 9.80 Å². The Bertz CT molecular complexity index is 934. The van der Waals surface area contributed by atoms with E-state index in [0.717, 1.165) is 41.5 Å². The topological polar surface area (TPSA) is 70.1 Å². The monoisotopic (exact) mass is 426 g/mol. The van der Waals surface area contributed by atoms with Crippen LogP contribution in [0.1, 0.15) is 39.4 Å². The number of piperazine rings is 1. The molecule has 0 saturated carbocycles. The highest BCUT2D eigenvalue weighted by Gasteiger charge is 2.21. The fourth-order valence-corrected chi connectivity index (χ4v) is 4.18. The van der Waals surface area contributed by atoms with Crippen LogP contribution in [0.3, 0.4) is 0 Å². The number of aliphatic carboxylic acids is 1. The number of thiophene rings is 1. The molecule has 3 rings (SSSR count). The molecule has 1 aromatic heterocycles. The maximum Gasteiger partial charge on any atom is 0.304 e. The molecule has 7 heteroatoms. The number of hydrogen-bond donors (Lipinski definition) is 1. The fraction of sp³-hybridized carbons (Fsp3) is 0.391. The standard InChI is InChI=1S/C23H26N2O4S/c1-3-4-18(15-22(26)27)17-5-7-19(8-6-17)29-16-20-9-10-21(30-20)23(28)25-13-11-24(2)12-14-25/h5-10,18H,11-16H2,1-2H3,(H,26,27). The van der Waals surface area contributed by atoms with Crippen molar-refractivity contribution in [3.05, 3.63) is 51.7 Å². The molecule has 1 saturated heterocycles. The minimum Gasteiger partial charge on any atom is -0.488 e. The molecule has 1 aliphatic rings. The molecule has 0 bridgehead atoms. The molecule has 30 heavy (non-hydrogen) atoms. The predicted molar refractivity (Wildman–Crippen MR) is 117 cm³/mol. The van der Waals surface area contributed by atoms with E-state index in [1.165, 1.54) is 11.3 Å². The van der Waals surface area contributed by atoms with E-state index in [9.17, 15) is 9.59 Å². The van der Waals surface area contributed by atoms with Crippen LogP contribution in [-0.4, -0.2) is 60.0 Å². The maximum absolute atomic E-state index is 12.6. The molecule has 1 atom stereocenters. The van der Waals surface area contributed by atoms with Crippen LogP contribution in [0.25, 0.3) is 0 Å². The third-order valence-electron chi connectivity index (χ3n) is 5.02. The third kappa shape index (κ3) is 5.85. The zero-order chi connectivity index (χ0) is 21.5. The Morgan fingerprint density at radius 1 is 1.13 bits per heavy atom. The van der Waals surface area contributed by atoms with Crippen molar-refractivity contribution < 1.29 is 19.4 Å². The molecule has 1 fully saturated rings. The van der Waals surface area contributed by atoms with Crippen LogP contribution in [0.4, 0.5) is 0 Å². The summed E-state index contributed by atoms with van der Waals surface area (Å²) in [5.41, 5.74) is 0.857. The van der Waals surface area contributed by atoms with Crippen molar-refractivity contribution in [1.29, 1.82) is 0 Å². The second-order valence-corrected chi connectivity index (χ2v) is 8.43. The van der Waals surface area contributed by atoms with Gasteiger partial charge in [-0.1, -0.05) is 18.1 Å². The molecular weight excluding hydrogens is 400 g/mol. The first-order valence-corrected chi connectivity index (χ1v) is 10.7. The number of carboxylic acid groups (broad SMARTS) is 1. The first-order chi connectivity index (χ1) is 14.5. The molecule has 0 radical (unpaired) electrons. The van der Waals surface area contributed by atoms with E-state index >= 15 is 0 Å². The van der Waals surface area contributed by atoms with Crippen LogP contribution >= 0.6 is 11.3 Å². The minimum atomic E-state index is -0.873. The van der Waals surface area contributed by atoms with Crippen molar-refractivity contribution in [2.75, 3.05) is 33.2 Å². The van der Waals surface area contributed by atoms with Crippen molar-refractivity contribution >= 4 is 23.2 Å². The summed E-state index contributed by atoms with van der Waals surface area (Å²) in [6.07, 6.45) is -0.0274. The summed E-state index contributed by atoms with van der Waals surface area (Å²) in [4.78, 5) is 29.5. The molecule has 6 nitrogen and oxygen atoms in total. The van der Waals surface area contributed by atoms with E-state index in [4.69, 9.17) is 9.84 Å².